The van der Waals surface area contributed by atoms with E-state index in [0.29, 0.717) is 5.56 Å². The number of hydrogen-bond acceptors (Lipinski definition) is 3. The molecule has 0 saturated heterocycles. The van der Waals surface area contributed by atoms with Crippen molar-refractivity contribution in [3.63, 3.8) is 0 Å². The third-order valence-electron chi connectivity index (χ3n) is 3.55. The Morgan fingerprint density at radius 2 is 1.95 bits per heavy atom. The minimum Gasteiger partial charge on any atom is -0.387 e. The zero-order valence-electron chi connectivity index (χ0n) is 13.8. The molecule has 1 rings (SSSR count). The smallest absolute Gasteiger partial charge is 0.254 e. The van der Waals surface area contributed by atoms with Crippen LogP contribution >= 0.6 is 0 Å². The second kappa shape index (κ2) is 9.37. The van der Waals surface area contributed by atoms with Crippen LogP contribution in [0.15, 0.2) is 12.3 Å². The number of rotatable bonds is 9. The summed E-state index contributed by atoms with van der Waals surface area (Å²) in [4.78, 5) is 16.3. The summed E-state index contributed by atoms with van der Waals surface area (Å²) in [5.41, 5.74) is 2.35. The van der Waals surface area contributed by atoms with Gasteiger partial charge >= 0.3 is 0 Å². The molecule has 0 aromatic carbocycles. The molecule has 0 aliphatic rings. The zero-order valence-corrected chi connectivity index (χ0v) is 13.8. The van der Waals surface area contributed by atoms with Crippen LogP contribution in [0.5, 0.6) is 0 Å². The number of amides is 1. The molecule has 0 bridgehead atoms. The van der Waals surface area contributed by atoms with Crippen molar-refractivity contribution in [1.29, 1.82) is 0 Å². The number of unbranched alkanes of at least 4 members (excludes halogenated alkanes) is 3. The summed E-state index contributed by atoms with van der Waals surface area (Å²) in [7, 11) is 1.82. The quantitative estimate of drug-likeness (QED) is 0.681. The third-order valence-corrected chi connectivity index (χ3v) is 3.55. The predicted molar refractivity (Wildman–Crippen MR) is 88.8 cm³/mol. The molecular weight excluding hydrogens is 262 g/mol. The van der Waals surface area contributed by atoms with Gasteiger partial charge in [-0.15, -0.1) is 0 Å². The Hall–Kier alpha value is -1.58. The number of nitrogens with one attached hydrogen (secondary N) is 2. The van der Waals surface area contributed by atoms with Crippen LogP contribution in [0.25, 0.3) is 0 Å². The van der Waals surface area contributed by atoms with Crippen LogP contribution < -0.4 is 10.6 Å². The van der Waals surface area contributed by atoms with Crippen molar-refractivity contribution in [1.82, 2.24) is 10.3 Å². The fourth-order valence-corrected chi connectivity index (χ4v) is 2.28. The standard InChI is InChI=1S/C17H29N3O/c1-13(2)9-7-5-6-8-10-19-17(21)15-12-20-14(3)11-16(15)18-4/h11-13H,5-10H2,1-4H3,(H,18,20)(H,19,21). The van der Waals surface area contributed by atoms with E-state index in [4.69, 9.17) is 0 Å². The van der Waals surface area contributed by atoms with Gasteiger partial charge in [-0.25, -0.2) is 0 Å². The number of pyridine rings is 1. The summed E-state index contributed by atoms with van der Waals surface area (Å²) >= 11 is 0. The normalized spacial score (nSPS) is 10.7. The molecule has 1 aromatic rings. The molecule has 118 valence electrons. The van der Waals surface area contributed by atoms with E-state index in [1.165, 1.54) is 25.7 Å². The fraction of sp³-hybridized carbons (Fsp3) is 0.647. The number of carbonyl (C=O) groups is 1. The first-order chi connectivity index (χ1) is 10.0. The number of aryl methyl sites for hydroxylation is 1. The summed E-state index contributed by atoms with van der Waals surface area (Å²) in [6.45, 7) is 7.17. The molecule has 0 unspecified atom stereocenters. The lowest BCUT2D eigenvalue weighted by molar-refractivity contribution is 0.0953. The second-order valence-electron chi connectivity index (χ2n) is 5.97. The number of hydrogen-bond donors (Lipinski definition) is 2. The van der Waals surface area contributed by atoms with Gasteiger partial charge in [-0.2, -0.15) is 0 Å². The van der Waals surface area contributed by atoms with E-state index in [1.54, 1.807) is 6.20 Å². The van der Waals surface area contributed by atoms with Gasteiger partial charge in [-0.05, 0) is 25.3 Å². The Balaban J connectivity index is 2.28. The number of anilines is 1. The molecule has 2 N–H and O–H groups in total. The number of nitrogens with zero attached hydrogens (tertiary/aromatic N) is 1. The van der Waals surface area contributed by atoms with Gasteiger partial charge in [-0.1, -0.05) is 39.5 Å². The van der Waals surface area contributed by atoms with E-state index in [-0.39, 0.29) is 5.91 Å². The first kappa shape index (κ1) is 17.5. The summed E-state index contributed by atoms with van der Waals surface area (Å²) in [6, 6.07) is 1.89. The van der Waals surface area contributed by atoms with Gasteiger partial charge in [0.15, 0.2) is 0 Å². The van der Waals surface area contributed by atoms with Crippen LogP contribution in [0.4, 0.5) is 5.69 Å². The molecule has 1 heterocycles. The number of carbonyl (C=O) groups excluding carboxylic acids is 1. The third kappa shape index (κ3) is 6.61. The van der Waals surface area contributed by atoms with Crippen molar-refractivity contribution in [3.05, 3.63) is 23.5 Å². The highest BCUT2D eigenvalue weighted by Gasteiger charge is 2.10. The topological polar surface area (TPSA) is 54.0 Å². The lowest BCUT2D eigenvalue weighted by Gasteiger charge is -2.10. The maximum Gasteiger partial charge on any atom is 0.254 e. The summed E-state index contributed by atoms with van der Waals surface area (Å²) in [6.07, 6.45) is 7.70. The van der Waals surface area contributed by atoms with E-state index >= 15 is 0 Å². The van der Waals surface area contributed by atoms with Crippen molar-refractivity contribution < 1.29 is 4.79 Å². The Morgan fingerprint density at radius 3 is 2.62 bits per heavy atom. The van der Waals surface area contributed by atoms with E-state index in [1.807, 2.05) is 20.0 Å². The largest absolute Gasteiger partial charge is 0.387 e. The maximum atomic E-state index is 12.1. The Morgan fingerprint density at radius 1 is 1.24 bits per heavy atom. The lowest BCUT2D eigenvalue weighted by atomic mass is 10.0. The molecule has 0 saturated carbocycles. The molecule has 0 spiro atoms. The molecule has 21 heavy (non-hydrogen) atoms. The SMILES string of the molecule is CNc1cc(C)ncc1C(=O)NCCCCCCC(C)C. The Labute approximate surface area is 128 Å². The Bertz CT molecular complexity index is 444. The molecule has 0 fully saturated rings. The van der Waals surface area contributed by atoms with Gasteiger partial charge in [0.05, 0.1) is 11.3 Å². The summed E-state index contributed by atoms with van der Waals surface area (Å²) in [5.74, 6) is 0.743. The van der Waals surface area contributed by atoms with Gasteiger partial charge < -0.3 is 10.6 Å². The molecular formula is C17H29N3O. The van der Waals surface area contributed by atoms with Crippen LogP contribution in [0.1, 0.15) is 62.0 Å². The highest BCUT2D eigenvalue weighted by atomic mass is 16.1. The van der Waals surface area contributed by atoms with Crippen LogP contribution in [-0.2, 0) is 0 Å². The van der Waals surface area contributed by atoms with Gasteiger partial charge in [0.1, 0.15) is 0 Å². The molecule has 0 atom stereocenters. The molecule has 0 radical (unpaired) electrons. The van der Waals surface area contributed by atoms with Gasteiger partial charge in [0.2, 0.25) is 0 Å². The van der Waals surface area contributed by atoms with Crippen molar-refractivity contribution in [3.8, 4) is 0 Å². The molecule has 0 aliphatic carbocycles. The van der Waals surface area contributed by atoms with Crippen molar-refractivity contribution >= 4 is 11.6 Å². The average Bonchev–Trinajstić information content (AvgIpc) is 2.45. The number of aromatic nitrogens is 1. The highest BCUT2D eigenvalue weighted by Crippen LogP contribution is 2.15. The van der Waals surface area contributed by atoms with Crippen LogP contribution in [0.3, 0.4) is 0 Å². The van der Waals surface area contributed by atoms with Crippen LogP contribution in [-0.4, -0.2) is 24.5 Å². The van der Waals surface area contributed by atoms with Gasteiger partial charge in [0.25, 0.3) is 5.91 Å². The van der Waals surface area contributed by atoms with E-state index in [9.17, 15) is 4.79 Å². The molecule has 4 nitrogen and oxygen atoms in total. The fourth-order valence-electron chi connectivity index (χ4n) is 2.28. The molecule has 0 aliphatic heterocycles. The lowest BCUT2D eigenvalue weighted by Crippen LogP contribution is -2.25. The summed E-state index contributed by atoms with van der Waals surface area (Å²) in [5, 5.41) is 6.02. The van der Waals surface area contributed by atoms with Gasteiger partial charge in [0, 0.05) is 25.5 Å². The highest BCUT2D eigenvalue weighted by molar-refractivity contribution is 5.99. The van der Waals surface area contributed by atoms with Crippen molar-refractivity contribution in [2.75, 3.05) is 18.9 Å². The Kier molecular flexibility index (Phi) is 7.80. The maximum absolute atomic E-state index is 12.1. The monoisotopic (exact) mass is 291 g/mol. The minimum atomic E-state index is -0.0472. The summed E-state index contributed by atoms with van der Waals surface area (Å²) < 4.78 is 0. The average molecular weight is 291 g/mol. The minimum absolute atomic E-state index is 0.0472. The predicted octanol–water partition coefficient (Wildman–Crippen LogP) is 3.77. The molecule has 1 amide bonds. The van der Waals surface area contributed by atoms with Crippen molar-refractivity contribution in [2.45, 2.75) is 52.9 Å². The van der Waals surface area contributed by atoms with E-state index in [0.717, 1.165) is 30.3 Å². The van der Waals surface area contributed by atoms with E-state index in [2.05, 4.69) is 29.5 Å². The van der Waals surface area contributed by atoms with Crippen LogP contribution in [0, 0.1) is 12.8 Å². The molecule has 1 aromatic heterocycles. The second-order valence-corrected chi connectivity index (χ2v) is 5.97. The van der Waals surface area contributed by atoms with E-state index < -0.39 is 0 Å². The van der Waals surface area contributed by atoms with Crippen molar-refractivity contribution in [2.24, 2.45) is 5.92 Å². The molecule has 4 heteroatoms. The first-order valence-corrected chi connectivity index (χ1v) is 7.97. The van der Waals surface area contributed by atoms with Crippen LogP contribution in [0.2, 0.25) is 0 Å². The van der Waals surface area contributed by atoms with Gasteiger partial charge in [-0.3, -0.25) is 9.78 Å². The zero-order chi connectivity index (χ0) is 15.7. The first-order valence-electron chi connectivity index (χ1n) is 7.97.